The highest BCUT2D eigenvalue weighted by Crippen LogP contribution is 2.37. The molecule has 45 heavy (non-hydrogen) atoms. The van der Waals surface area contributed by atoms with Crippen LogP contribution in [0.1, 0.15) is 55.4 Å². The van der Waals surface area contributed by atoms with Gasteiger partial charge < -0.3 is 24.8 Å². The molecule has 0 fully saturated rings. The highest BCUT2D eigenvalue weighted by atomic mass is 32.2. The number of aromatic nitrogens is 3. The quantitative estimate of drug-likeness (QED) is 0.152. The number of fused-ring (bicyclic) bond motifs is 2. The van der Waals surface area contributed by atoms with Crippen LogP contribution in [0.25, 0.3) is 21.1 Å². The van der Waals surface area contributed by atoms with Gasteiger partial charge in [0, 0.05) is 17.1 Å². The molecule has 0 aliphatic heterocycles. The number of sulfone groups is 1. The Labute approximate surface area is 266 Å². The number of hydrogen-bond acceptors (Lipinski definition) is 12. The number of esters is 1. The minimum atomic E-state index is -3.90. The third-order valence-corrected chi connectivity index (χ3v) is 9.89. The van der Waals surface area contributed by atoms with Crippen molar-refractivity contribution in [2.24, 2.45) is 5.92 Å². The van der Waals surface area contributed by atoms with E-state index in [1.807, 2.05) is 18.2 Å². The number of alkyl carbamates (subject to hydrolysis) is 1. The zero-order valence-electron chi connectivity index (χ0n) is 26.6. The molecule has 2 N–H and O–H groups in total. The minimum absolute atomic E-state index is 0.0479. The smallest absolute Gasteiger partial charge is 0.408 e. The molecule has 2 aromatic carbocycles. The third-order valence-electron chi connectivity index (χ3n) is 6.57. The van der Waals surface area contributed by atoms with Gasteiger partial charge in [0.15, 0.2) is 9.84 Å². The Morgan fingerprint density at radius 3 is 2.36 bits per heavy atom. The third kappa shape index (κ3) is 8.17. The summed E-state index contributed by atoms with van der Waals surface area (Å²) >= 11 is 1.53. The predicted molar refractivity (Wildman–Crippen MR) is 174 cm³/mol. The van der Waals surface area contributed by atoms with Crippen molar-refractivity contribution in [2.45, 2.75) is 76.7 Å². The van der Waals surface area contributed by atoms with Gasteiger partial charge in [0.2, 0.25) is 0 Å². The van der Waals surface area contributed by atoms with Crippen LogP contribution in [0.4, 0.5) is 16.3 Å². The zero-order valence-corrected chi connectivity index (χ0v) is 28.3. The summed E-state index contributed by atoms with van der Waals surface area (Å²) in [6.07, 6.45) is 0.640. The summed E-state index contributed by atoms with van der Waals surface area (Å²) in [5, 5.41) is 6.28. The number of nitrogens with one attached hydrogen (secondary N) is 2. The van der Waals surface area contributed by atoms with Crippen molar-refractivity contribution < 1.29 is 32.2 Å². The molecule has 14 heteroatoms. The van der Waals surface area contributed by atoms with E-state index in [1.54, 1.807) is 60.9 Å². The van der Waals surface area contributed by atoms with Crippen LogP contribution < -0.4 is 15.4 Å². The Balaban J connectivity index is 1.56. The summed E-state index contributed by atoms with van der Waals surface area (Å²) in [7, 11) is -3.90. The lowest BCUT2D eigenvalue weighted by atomic mass is 10.1. The molecule has 242 valence electrons. The van der Waals surface area contributed by atoms with Crippen molar-refractivity contribution >= 4 is 65.9 Å². The molecule has 4 rings (SSSR count). The van der Waals surface area contributed by atoms with Crippen LogP contribution in [0.5, 0.6) is 5.75 Å². The van der Waals surface area contributed by atoms with Gasteiger partial charge in [-0.25, -0.2) is 33.0 Å². The molecule has 1 unspecified atom stereocenters. The molecule has 12 nitrogen and oxygen atoms in total. The first-order valence-electron chi connectivity index (χ1n) is 14.4. The summed E-state index contributed by atoms with van der Waals surface area (Å²) < 4.78 is 43.9. The van der Waals surface area contributed by atoms with E-state index in [0.29, 0.717) is 16.7 Å². The molecule has 0 bridgehead atoms. The lowest BCUT2D eigenvalue weighted by Crippen LogP contribution is -2.47. The molecule has 1 atom stereocenters. The fourth-order valence-corrected chi connectivity index (χ4v) is 6.18. The van der Waals surface area contributed by atoms with Crippen molar-refractivity contribution in [1.29, 1.82) is 0 Å². The zero-order chi connectivity index (χ0) is 33.2. The molecular formula is C31H39N5O7S2. The monoisotopic (exact) mass is 657 g/mol. The Morgan fingerprint density at radius 2 is 1.69 bits per heavy atom. The van der Waals surface area contributed by atoms with Crippen molar-refractivity contribution in [2.75, 3.05) is 18.5 Å². The first-order chi connectivity index (χ1) is 21.0. The molecule has 0 radical (unpaired) electrons. The van der Waals surface area contributed by atoms with Crippen LogP contribution in [-0.2, 0) is 24.1 Å². The summed E-state index contributed by atoms with van der Waals surface area (Å²) in [4.78, 5) is 38.1. The van der Waals surface area contributed by atoms with Gasteiger partial charge in [-0.1, -0.05) is 13.8 Å². The molecule has 0 aliphatic rings. The van der Waals surface area contributed by atoms with Crippen LogP contribution in [0.2, 0.25) is 0 Å². The second kappa shape index (κ2) is 13.1. The Morgan fingerprint density at radius 1 is 0.956 bits per heavy atom. The molecule has 2 heterocycles. The van der Waals surface area contributed by atoms with Crippen LogP contribution in [0.3, 0.4) is 0 Å². The minimum Gasteiger partial charge on any atom is -0.489 e. The maximum Gasteiger partial charge on any atom is 0.408 e. The lowest BCUT2D eigenvalue weighted by Gasteiger charge is -2.24. The number of benzene rings is 2. The Kier molecular flexibility index (Phi) is 9.88. The van der Waals surface area contributed by atoms with Crippen molar-refractivity contribution in [3.05, 3.63) is 42.2 Å². The summed E-state index contributed by atoms with van der Waals surface area (Å²) in [6, 6.07) is 7.82. The van der Waals surface area contributed by atoms with Crippen molar-refractivity contribution in [1.82, 2.24) is 20.3 Å². The Hall–Kier alpha value is -4.04. The van der Waals surface area contributed by atoms with E-state index in [4.69, 9.17) is 14.2 Å². The second-order valence-corrected chi connectivity index (χ2v) is 16.3. The fourth-order valence-electron chi connectivity index (χ4n) is 4.20. The molecule has 2 aromatic heterocycles. The SMILES string of the molecule is CC(C)C(NC(=O)OC(C)(C)C)C(=O)OCCOc1cc2ncnc(Nc3ccc4scnc4c3)c2cc1S(=O)(=O)C(C)(C)C. The molecular weight excluding hydrogens is 619 g/mol. The van der Waals surface area contributed by atoms with Gasteiger partial charge in [-0.3, -0.25) is 0 Å². The van der Waals surface area contributed by atoms with Gasteiger partial charge in [-0.15, -0.1) is 11.3 Å². The van der Waals surface area contributed by atoms with E-state index in [1.165, 1.54) is 29.8 Å². The number of hydrogen-bond donors (Lipinski definition) is 2. The second-order valence-electron chi connectivity index (χ2n) is 12.7. The molecule has 4 aromatic rings. The van der Waals surface area contributed by atoms with Gasteiger partial charge in [-0.05, 0) is 71.7 Å². The summed E-state index contributed by atoms with van der Waals surface area (Å²) in [5.41, 5.74) is 3.05. The van der Waals surface area contributed by atoms with Crippen LogP contribution >= 0.6 is 11.3 Å². The van der Waals surface area contributed by atoms with E-state index in [9.17, 15) is 18.0 Å². The first kappa shape index (κ1) is 33.8. The number of carbonyl (C=O) groups excluding carboxylic acids is 2. The van der Waals surface area contributed by atoms with Crippen molar-refractivity contribution in [3.8, 4) is 5.75 Å². The largest absolute Gasteiger partial charge is 0.489 e. The van der Waals surface area contributed by atoms with Gasteiger partial charge in [0.05, 0.1) is 26.0 Å². The molecule has 1 amide bonds. The number of anilines is 2. The van der Waals surface area contributed by atoms with Gasteiger partial charge >= 0.3 is 12.1 Å². The summed E-state index contributed by atoms with van der Waals surface area (Å²) in [5.74, 6) is -0.465. The van der Waals surface area contributed by atoms with E-state index in [-0.39, 0.29) is 29.8 Å². The topological polar surface area (TPSA) is 159 Å². The molecule has 0 aliphatic carbocycles. The standard InChI is InChI=1S/C31H39N5O7S2/c1-18(2)26(36-29(38)43-30(3,4)5)28(37)42-12-11-41-23-15-21-20(14-25(23)45(39,40)31(6,7)8)27(33-16-32-21)35-19-9-10-24-22(13-19)34-17-44-24/h9-10,13-18,26H,11-12H2,1-8H3,(H,36,38)(H,32,33,35). The highest BCUT2D eigenvalue weighted by molar-refractivity contribution is 7.92. The van der Waals surface area contributed by atoms with E-state index < -0.39 is 38.3 Å². The number of amides is 1. The van der Waals surface area contributed by atoms with E-state index in [0.717, 1.165) is 15.9 Å². The van der Waals surface area contributed by atoms with Crippen LogP contribution in [0, 0.1) is 5.92 Å². The average Bonchev–Trinajstić information content (AvgIpc) is 3.40. The van der Waals surface area contributed by atoms with Gasteiger partial charge in [0.1, 0.15) is 47.6 Å². The van der Waals surface area contributed by atoms with Crippen LogP contribution in [-0.4, -0.2) is 65.0 Å². The molecule has 0 saturated carbocycles. The predicted octanol–water partition coefficient (Wildman–Crippen LogP) is 6.03. The highest BCUT2D eigenvalue weighted by Gasteiger charge is 2.34. The number of ether oxygens (including phenoxy) is 3. The van der Waals surface area contributed by atoms with E-state index in [2.05, 4.69) is 25.6 Å². The number of nitrogens with zero attached hydrogens (tertiary/aromatic N) is 3. The maximum absolute atomic E-state index is 13.7. The van der Waals surface area contributed by atoms with Crippen LogP contribution in [0.15, 0.2) is 47.1 Å². The van der Waals surface area contributed by atoms with Crippen molar-refractivity contribution in [3.63, 3.8) is 0 Å². The number of thiazole rings is 1. The number of rotatable bonds is 10. The normalized spacial score (nSPS) is 13.1. The average molecular weight is 658 g/mol. The lowest BCUT2D eigenvalue weighted by molar-refractivity contribution is -0.148. The van der Waals surface area contributed by atoms with Gasteiger partial charge in [-0.2, -0.15) is 0 Å². The maximum atomic E-state index is 13.7. The van der Waals surface area contributed by atoms with Gasteiger partial charge in [0.25, 0.3) is 0 Å². The first-order valence-corrected chi connectivity index (χ1v) is 16.7. The number of carbonyl (C=O) groups is 2. The van der Waals surface area contributed by atoms with E-state index >= 15 is 0 Å². The fraction of sp³-hybridized carbons (Fsp3) is 0.452. The Bertz CT molecular complexity index is 1810. The molecule has 0 spiro atoms. The molecule has 0 saturated heterocycles. The summed E-state index contributed by atoms with van der Waals surface area (Å²) in [6.45, 7) is 13.2.